The Morgan fingerprint density at radius 2 is 1.77 bits per heavy atom. The Balaban J connectivity index is 1.45. The van der Waals surface area contributed by atoms with Crippen LogP contribution in [-0.4, -0.2) is 12.0 Å². The maximum atomic E-state index is 12.8. The molecule has 0 spiro atoms. The number of fused-ring (bicyclic) bond motifs is 2. The summed E-state index contributed by atoms with van der Waals surface area (Å²) in [6.45, 7) is 1.85. The molecule has 2 aromatic rings. The molecule has 0 aliphatic heterocycles. The largest absolute Gasteiger partial charge is 0.481 e. The summed E-state index contributed by atoms with van der Waals surface area (Å²) >= 11 is 0. The standard InChI is InChI=1S/C23H27NO2/c1-16(26-22-15-7-11-18-9-3-5-13-20(18)22)23(25)24-21-14-6-10-17-8-2-4-12-19(17)21/h2,4,7-8,11-12,15-16,21H,3,5-6,9-10,13-14H2,1H3,(H,24,25)/t16-,21+/m0/s1. The molecular formula is C23H27NO2. The van der Waals surface area contributed by atoms with E-state index in [4.69, 9.17) is 4.74 Å². The fraction of sp³-hybridized carbons (Fsp3) is 0.435. The van der Waals surface area contributed by atoms with E-state index in [9.17, 15) is 4.79 Å². The van der Waals surface area contributed by atoms with Crippen LogP contribution >= 0.6 is 0 Å². The third-order valence-electron chi connectivity index (χ3n) is 5.71. The number of rotatable bonds is 4. The van der Waals surface area contributed by atoms with Crippen LogP contribution in [0.3, 0.4) is 0 Å². The van der Waals surface area contributed by atoms with Gasteiger partial charge in [-0.2, -0.15) is 0 Å². The quantitative estimate of drug-likeness (QED) is 0.881. The van der Waals surface area contributed by atoms with Gasteiger partial charge in [-0.15, -0.1) is 0 Å². The monoisotopic (exact) mass is 349 g/mol. The van der Waals surface area contributed by atoms with Gasteiger partial charge in [-0.05, 0) is 80.2 Å². The van der Waals surface area contributed by atoms with Crippen LogP contribution in [0, 0.1) is 0 Å². The van der Waals surface area contributed by atoms with Crippen LogP contribution in [0.5, 0.6) is 5.75 Å². The first kappa shape index (κ1) is 17.1. The highest BCUT2D eigenvalue weighted by Gasteiger charge is 2.25. The van der Waals surface area contributed by atoms with E-state index >= 15 is 0 Å². The molecule has 2 aliphatic rings. The normalized spacial score (nSPS) is 19.8. The van der Waals surface area contributed by atoms with E-state index in [2.05, 4.69) is 35.6 Å². The van der Waals surface area contributed by atoms with Crippen molar-refractivity contribution in [2.75, 3.05) is 0 Å². The molecule has 136 valence electrons. The number of hydrogen-bond acceptors (Lipinski definition) is 2. The van der Waals surface area contributed by atoms with Crippen LogP contribution in [0.25, 0.3) is 0 Å². The fourth-order valence-electron chi connectivity index (χ4n) is 4.29. The molecule has 1 N–H and O–H groups in total. The zero-order valence-corrected chi connectivity index (χ0v) is 15.5. The second-order valence-corrected chi connectivity index (χ2v) is 7.51. The summed E-state index contributed by atoms with van der Waals surface area (Å²) in [5.74, 6) is 0.856. The van der Waals surface area contributed by atoms with Crippen molar-refractivity contribution in [3.05, 3.63) is 64.7 Å². The molecule has 0 fully saturated rings. The van der Waals surface area contributed by atoms with Gasteiger partial charge in [0.05, 0.1) is 6.04 Å². The van der Waals surface area contributed by atoms with Gasteiger partial charge >= 0.3 is 0 Å². The van der Waals surface area contributed by atoms with E-state index in [-0.39, 0.29) is 11.9 Å². The molecular weight excluding hydrogens is 322 g/mol. The van der Waals surface area contributed by atoms with E-state index < -0.39 is 6.10 Å². The fourth-order valence-corrected chi connectivity index (χ4v) is 4.29. The number of nitrogens with one attached hydrogen (secondary N) is 1. The molecule has 4 rings (SSSR count). The molecule has 0 radical (unpaired) electrons. The zero-order chi connectivity index (χ0) is 17.9. The summed E-state index contributed by atoms with van der Waals surface area (Å²) in [5.41, 5.74) is 5.29. The van der Waals surface area contributed by atoms with Crippen molar-refractivity contribution < 1.29 is 9.53 Å². The number of amides is 1. The number of hydrogen-bond donors (Lipinski definition) is 1. The van der Waals surface area contributed by atoms with Crippen LogP contribution in [0.1, 0.15) is 60.9 Å². The Labute approximate surface area is 155 Å². The van der Waals surface area contributed by atoms with Crippen molar-refractivity contribution in [1.82, 2.24) is 5.32 Å². The first-order chi connectivity index (χ1) is 12.7. The SMILES string of the molecule is C[C@H](Oc1cccc2c1CCCC2)C(=O)N[C@@H]1CCCc2ccccc21. The van der Waals surface area contributed by atoms with Crippen molar-refractivity contribution in [1.29, 1.82) is 0 Å². The number of benzene rings is 2. The van der Waals surface area contributed by atoms with Gasteiger partial charge < -0.3 is 10.1 Å². The van der Waals surface area contributed by atoms with Crippen LogP contribution < -0.4 is 10.1 Å². The molecule has 26 heavy (non-hydrogen) atoms. The number of aryl methyl sites for hydroxylation is 2. The first-order valence-electron chi connectivity index (χ1n) is 9.88. The molecule has 0 saturated carbocycles. The molecule has 0 heterocycles. The van der Waals surface area contributed by atoms with Crippen LogP contribution in [0.15, 0.2) is 42.5 Å². The molecule has 2 aromatic carbocycles. The van der Waals surface area contributed by atoms with Crippen molar-refractivity contribution >= 4 is 5.91 Å². The van der Waals surface area contributed by atoms with Gasteiger partial charge in [-0.3, -0.25) is 4.79 Å². The molecule has 0 aromatic heterocycles. The predicted molar refractivity (Wildman–Crippen MR) is 103 cm³/mol. The summed E-state index contributed by atoms with van der Waals surface area (Å²) in [7, 11) is 0. The molecule has 3 heteroatoms. The Bertz CT molecular complexity index is 799. The third-order valence-corrected chi connectivity index (χ3v) is 5.71. The average molecular weight is 349 g/mol. The minimum Gasteiger partial charge on any atom is -0.481 e. The Morgan fingerprint density at radius 1 is 1.00 bits per heavy atom. The Hall–Kier alpha value is -2.29. The van der Waals surface area contributed by atoms with Crippen molar-refractivity contribution in [3.63, 3.8) is 0 Å². The van der Waals surface area contributed by atoms with E-state index in [0.717, 1.165) is 37.9 Å². The van der Waals surface area contributed by atoms with E-state index in [1.54, 1.807) is 0 Å². The Kier molecular flexibility index (Phi) is 4.96. The highest BCUT2D eigenvalue weighted by atomic mass is 16.5. The highest BCUT2D eigenvalue weighted by Crippen LogP contribution is 2.31. The first-order valence-corrected chi connectivity index (χ1v) is 9.88. The summed E-state index contributed by atoms with van der Waals surface area (Å²) < 4.78 is 6.09. The average Bonchev–Trinajstić information content (AvgIpc) is 2.68. The van der Waals surface area contributed by atoms with E-state index in [0.29, 0.717) is 0 Å². The zero-order valence-electron chi connectivity index (χ0n) is 15.5. The van der Waals surface area contributed by atoms with Gasteiger partial charge in [-0.1, -0.05) is 36.4 Å². The van der Waals surface area contributed by atoms with E-state index in [1.165, 1.54) is 35.1 Å². The summed E-state index contributed by atoms with van der Waals surface area (Å²) in [5, 5.41) is 3.21. The van der Waals surface area contributed by atoms with Gasteiger partial charge in [0.25, 0.3) is 5.91 Å². The molecule has 0 saturated heterocycles. The molecule has 3 nitrogen and oxygen atoms in total. The lowest BCUT2D eigenvalue weighted by atomic mass is 9.87. The number of ether oxygens (including phenoxy) is 1. The van der Waals surface area contributed by atoms with Crippen molar-refractivity contribution in [2.24, 2.45) is 0 Å². The predicted octanol–water partition coefficient (Wildman–Crippen LogP) is 4.53. The van der Waals surface area contributed by atoms with E-state index in [1.807, 2.05) is 19.1 Å². The molecule has 2 aliphatic carbocycles. The van der Waals surface area contributed by atoms with Gasteiger partial charge in [0.1, 0.15) is 5.75 Å². The van der Waals surface area contributed by atoms with Gasteiger partial charge in [-0.25, -0.2) is 0 Å². The van der Waals surface area contributed by atoms with Crippen molar-refractivity contribution in [2.45, 2.75) is 64.0 Å². The maximum Gasteiger partial charge on any atom is 0.261 e. The lowest BCUT2D eigenvalue weighted by Gasteiger charge is -2.28. The summed E-state index contributed by atoms with van der Waals surface area (Å²) in [6.07, 6.45) is 7.34. The second-order valence-electron chi connectivity index (χ2n) is 7.51. The topological polar surface area (TPSA) is 38.3 Å². The number of carbonyl (C=O) groups is 1. The lowest BCUT2D eigenvalue weighted by molar-refractivity contribution is -0.128. The molecule has 0 unspecified atom stereocenters. The van der Waals surface area contributed by atoms with Gasteiger partial charge in [0.2, 0.25) is 0 Å². The smallest absolute Gasteiger partial charge is 0.261 e. The molecule has 1 amide bonds. The van der Waals surface area contributed by atoms with Crippen LogP contribution in [0.2, 0.25) is 0 Å². The highest BCUT2D eigenvalue weighted by molar-refractivity contribution is 5.81. The summed E-state index contributed by atoms with van der Waals surface area (Å²) in [4.78, 5) is 12.8. The van der Waals surface area contributed by atoms with Gasteiger partial charge in [0.15, 0.2) is 6.10 Å². The van der Waals surface area contributed by atoms with Crippen molar-refractivity contribution in [3.8, 4) is 5.75 Å². The lowest BCUT2D eigenvalue weighted by Crippen LogP contribution is -2.39. The Morgan fingerprint density at radius 3 is 2.69 bits per heavy atom. The number of carbonyl (C=O) groups excluding carboxylic acids is 1. The molecule has 2 atom stereocenters. The minimum absolute atomic E-state index is 0.0277. The third kappa shape index (κ3) is 3.48. The second kappa shape index (κ2) is 7.53. The minimum atomic E-state index is -0.488. The maximum absolute atomic E-state index is 12.8. The van der Waals surface area contributed by atoms with Crippen LogP contribution in [0.4, 0.5) is 0 Å². The molecule has 0 bridgehead atoms. The summed E-state index contributed by atoms with van der Waals surface area (Å²) in [6, 6.07) is 14.8. The van der Waals surface area contributed by atoms with Crippen LogP contribution in [-0.2, 0) is 24.1 Å². The van der Waals surface area contributed by atoms with Gasteiger partial charge in [0, 0.05) is 0 Å².